The van der Waals surface area contributed by atoms with E-state index >= 15 is 0 Å². The van der Waals surface area contributed by atoms with Gasteiger partial charge in [-0.1, -0.05) is 0 Å². The molecule has 0 saturated carbocycles. The van der Waals surface area contributed by atoms with Crippen molar-refractivity contribution in [1.82, 2.24) is 9.88 Å². The van der Waals surface area contributed by atoms with Crippen molar-refractivity contribution >= 4 is 28.4 Å². The Bertz CT molecular complexity index is 1150. The first kappa shape index (κ1) is 18.6. The standard InChI is InChI=1S/C22H24N4O4/c1-14-13-25(17-3-5-19-15(10-17)6-9-29-19)7-8-26(14)21(27)12-23-16-2-4-18-20(11-16)30-22(28)24-18/h2-5,10-11,14,23H,6-9,12-13H2,1H3,(H,24,28)/t14-/m1/s1. The number of benzene rings is 2. The zero-order valence-corrected chi connectivity index (χ0v) is 16.8. The number of nitrogens with zero attached hydrogens (tertiary/aromatic N) is 2. The zero-order valence-electron chi connectivity index (χ0n) is 16.8. The van der Waals surface area contributed by atoms with Gasteiger partial charge in [0.25, 0.3) is 0 Å². The summed E-state index contributed by atoms with van der Waals surface area (Å²) in [7, 11) is 0. The van der Waals surface area contributed by atoms with Gasteiger partial charge in [-0.25, -0.2) is 4.79 Å². The van der Waals surface area contributed by atoms with Crippen LogP contribution < -0.4 is 20.7 Å². The third kappa shape index (κ3) is 3.49. The number of rotatable bonds is 4. The molecule has 2 aromatic carbocycles. The van der Waals surface area contributed by atoms with Crippen molar-refractivity contribution in [3.05, 3.63) is 52.5 Å². The van der Waals surface area contributed by atoms with E-state index in [2.05, 4.69) is 34.3 Å². The van der Waals surface area contributed by atoms with Crippen LogP contribution in [-0.2, 0) is 11.2 Å². The number of aromatic amines is 1. The number of aromatic nitrogens is 1. The van der Waals surface area contributed by atoms with Crippen LogP contribution in [0.2, 0.25) is 0 Å². The van der Waals surface area contributed by atoms with Crippen molar-refractivity contribution in [3.8, 4) is 5.75 Å². The lowest BCUT2D eigenvalue weighted by Crippen LogP contribution is -2.55. The van der Waals surface area contributed by atoms with E-state index in [1.165, 1.54) is 11.3 Å². The molecule has 2 aliphatic heterocycles. The van der Waals surface area contributed by atoms with E-state index in [9.17, 15) is 9.59 Å². The number of nitrogens with one attached hydrogen (secondary N) is 2. The number of carbonyl (C=O) groups is 1. The maximum absolute atomic E-state index is 12.8. The number of hydrogen-bond acceptors (Lipinski definition) is 6. The van der Waals surface area contributed by atoms with Crippen molar-refractivity contribution in [2.45, 2.75) is 19.4 Å². The molecular weight excluding hydrogens is 384 g/mol. The van der Waals surface area contributed by atoms with Gasteiger partial charge in [0.2, 0.25) is 5.91 Å². The minimum absolute atomic E-state index is 0.0557. The summed E-state index contributed by atoms with van der Waals surface area (Å²) in [6, 6.07) is 11.8. The Hall–Kier alpha value is -3.42. The average molecular weight is 408 g/mol. The Kier molecular flexibility index (Phi) is 4.61. The molecule has 156 valence electrons. The van der Waals surface area contributed by atoms with Gasteiger partial charge in [-0.3, -0.25) is 9.78 Å². The number of piperazine rings is 1. The molecule has 3 aromatic rings. The fraction of sp³-hybridized carbons (Fsp3) is 0.364. The second-order valence-corrected chi connectivity index (χ2v) is 7.85. The zero-order chi connectivity index (χ0) is 20.7. The fourth-order valence-corrected chi connectivity index (χ4v) is 4.27. The molecule has 1 aromatic heterocycles. The lowest BCUT2D eigenvalue weighted by molar-refractivity contribution is -0.131. The lowest BCUT2D eigenvalue weighted by Gasteiger charge is -2.41. The molecule has 0 bridgehead atoms. The minimum atomic E-state index is -0.485. The van der Waals surface area contributed by atoms with Crippen molar-refractivity contribution in [1.29, 1.82) is 0 Å². The van der Waals surface area contributed by atoms with E-state index in [1.807, 2.05) is 17.0 Å². The van der Waals surface area contributed by atoms with Gasteiger partial charge in [0, 0.05) is 49.5 Å². The van der Waals surface area contributed by atoms with E-state index in [0.29, 0.717) is 17.6 Å². The van der Waals surface area contributed by atoms with Crippen LogP contribution in [0, 0.1) is 0 Å². The summed E-state index contributed by atoms with van der Waals surface area (Å²) in [5, 5.41) is 3.14. The highest BCUT2D eigenvalue weighted by molar-refractivity contribution is 5.83. The Morgan fingerprint density at radius 3 is 3.00 bits per heavy atom. The molecule has 2 aliphatic rings. The molecule has 0 unspecified atom stereocenters. The highest BCUT2D eigenvalue weighted by Crippen LogP contribution is 2.30. The van der Waals surface area contributed by atoms with Crippen molar-refractivity contribution in [3.63, 3.8) is 0 Å². The summed E-state index contributed by atoms with van der Waals surface area (Å²) in [5.74, 6) is 0.560. The summed E-state index contributed by atoms with van der Waals surface area (Å²) >= 11 is 0. The largest absolute Gasteiger partial charge is 0.493 e. The van der Waals surface area contributed by atoms with Crippen LogP contribution >= 0.6 is 0 Å². The third-order valence-electron chi connectivity index (χ3n) is 5.85. The van der Waals surface area contributed by atoms with Crippen LogP contribution in [0.1, 0.15) is 12.5 Å². The van der Waals surface area contributed by atoms with E-state index < -0.39 is 5.76 Å². The Morgan fingerprint density at radius 1 is 1.23 bits per heavy atom. The first-order chi connectivity index (χ1) is 14.6. The summed E-state index contributed by atoms with van der Waals surface area (Å²) in [5.41, 5.74) is 4.31. The molecule has 2 N–H and O–H groups in total. The summed E-state index contributed by atoms with van der Waals surface area (Å²) in [4.78, 5) is 30.9. The smallest absolute Gasteiger partial charge is 0.417 e. The SMILES string of the molecule is C[C@@H]1CN(c2ccc3c(c2)CCO3)CCN1C(=O)CNc1ccc2[nH]c(=O)oc2c1. The highest BCUT2D eigenvalue weighted by atomic mass is 16.5. The normalized spacial score (nSPS) is 18.4. The number of H-pyrrole nitrogens is 1. The van der Waals surface area contributed by atoms with Gasteiger partial charge in [0.1, 0.15) is 5.75 Å². The molecule has 8 nitrogen and oxygen atoms in total. The number of ether oxygens (including phenoxy) is 1. The molecule has 3 heterocycles. The van der Waals surface area contributed by atoms with Gasteiger partial charge < -0.3 is 24.3 Å². The van der Waals surface area contributed by atoms with Gasteiger partial charge >= 0.3 is 5.76 Å². The number of fused-ring (bicyclic) bond motifs is 2. The summed E-state index contributed by atoms with van der Waals surface area (Å²) < 4.78 is 10.7. The topological polar surface area (TPSA) is 90.8 Å². The van der Waals surface area contributed by atoms with Crippen molar-refractivity contribution in [2.75, 3.05) is 43.0 Å². The summed E-state index contributed by atoms with van der Waals surface area (Å²) in [6.07, 6.45) is 0.959. The monoisotopic (exact) mass is 408 g/mol. The predicted octanol–water partition coefficient (Wildman–Crippen LogP) is 2.21. The number of anilines is 2. The van der Waals surface area contributed by atoms with Crippen molar-refractivity contribution < 1.29 is 13.9 Å². The molecule has 1 fully saturated rings. The number of amides is 1. The predicted molar refractivity (Wildman–Crippen MR) is 114 cm³/mol. The van der Waals surface area contributed by atoms with Gasteiger partial charge in [-0.2, -0.15) is 0 Å². The molecular formula is C22H24N4O4. The molecule has 0 aliphatic carbocycles. The fourth-order valence-electron chi connectivity index (χ4n) is 4.27. The van der Waals surface area contributed by atoms with Gasteiger partial charge in [-0.05, 0) is 42.8 Å². The second kappa shape index (κ2) is 7.44. The molecule has 5 rings (SSSR count). The van der Waals surface area contributed by atoms with Crippen molar-refractivity contribution in [2.24, 2.45) is 0 Å². The molecule has 8 heteroatoms. The summed E-state index contributed by atoms with van der Waals surface area (Å²) in [6.45, 7) is 5.32. The van der Waals surface area contributed by atoms with E-state index in [-0.39, 0.29) is 18.5 Å². The molecule has 0 radical (unpaired) electrons. The highest BCUT2D eigenvalue weighted by Gasteiger charge is 2.28. The Morgan fingerprint density at radius 2 is 2.13 bits per heavy atom. The van der Waals surface area contributed by atoms with Gasteiger partial charge in [0.15, 0.2) is 5.58 Å². The Balaban J connectivity index is 1.20. The van der Waals surface area contributed by atoms with E-state index in [0.717, 1.165) is 37.6 Å². The van der Waals surface area contributed by atoms with Crippen LogP contribution in [0.3, 0.4) is 0 Å². The lowest BCUT2D eigenvalue weighted by atomic mass is 10.1. The first-order valence-corrected chi connectivity index (χ1v) is 10.2. The number of carbonyl (C=O) groups excluding carboxylic acids is 1. The van der Waals surface area contributed by atoms with Crippen LogP contribution in [0.5, 0.6) is 5.75 Å². The molecule has 30 heavy (non-hydrogen) atoms. The van der Waals surface area contributed by atoms with Gasteiger partial charge in [-0.15, -0.1) is 0 Å². The molecule has 1 amide bonds. The number of oxazole rings is 1. The molecule has 1 atom stereocenters. The third-order valence-corrected chi connectivity index (χ3v) is 5.85. The quantitative estimate of drug-likeness (QED) is 0.688. The minimum Gasteiger partial charge on any atom is -0.493 e. The molecule has 1 saturated heterocycles. The average Bonchev–Trinajstić information content (AvgIpc) is 3.36. The van der Waals surface area contributed by atoms with E-state index in [1.54, 1.807) is 12.1 Å². The van der Waals surface area contributed by atoms with Crippen LogP contribution in [-0.4, -0.2) is 54.6 Å². The van der Waals surface area contributed by atoms with Crippen LogP contribution in [0.15, 0.2) is 45.6 Å². The maximum atomic E-state index is 12.8. The van der Waals surface area contributed by atoms with E-state index in [4.69, 9.17) is 9.15 Å². The first-order valence-electron chi connectivity index (χ1n) is 10.2. The number of hydrogen-bond donors (Lipinski definition) is 2. The molecule has 0 spiro atoms. The Labute approximate surface area is 173 Å². The van der Waals surface area contributed by atoms with Gasteiger partial charge in [0.05, 0.1) is 18.7 Å². The second-order valence-electron chi connectivity index (χ2n) is 7.85. The maximum Gasteiger partial charge on any atom is 0.417 e. The van der Waals surface area contributed by atoms with Crippen LogP contribution in [0.4, 0.5) is 11.4 Å². The van der Waals surface area contributed by atoms with Crippen LogP contribution in [0.25, 0.3) is 11.1 Å².